The number of nitrogens with zero attached hydrogens (tertiary/aromatic N) is 1. The third-order valence-corrected chi connectivity index (χ3v) is 4.34. The van der Waals surface area contributed by atoms with Gasteiger partial charge in [0.05, 0.1) is 12.1 Å². The first-order chi connectivity index (χ1) is 9.63. The van der Waals surface area contributed by atoms with Crippen LogP contribution in [0.5, 0.6) is 5.75 Å². The normalized spacial score (nSPS) is 12.4. The third-order valence-electron chi connectivity index (χ3n) is 3.35. The minimum atomic E-state index is 0.302. The summed E-state index contributed by atoms with van der Waals surface area (Å²) in [6.07, 6.45) is 0.930. The zero-order chi connectivity index (χ0) is 14.5. The first-order valence-corrected chi connectivity index (χ1v) is 7.81. The molecule has 3 nitrogen and oxygen atoms in total. The molecule has 2 rings (SSSR count). The number of benzene rings is 1. The number of rotatable bonds is 6. The molecule has 0 spiro atoms. The fourth-order valence-corrected chi connectivity index (χ4v) is 3.19. The van der Waals surface area contributed by atoms with Gasteiger partial charge in [-0.3, -0.25) is 0 Å². The van der Waals surface area contributed by atoms with E-state index < -0.39 is 0 Å². The van der Waals surface area contributed by atoms with Crippen LogP contribution in [0.4, 0.5) is 0 Å². The van der Waals surface area contributed by atoms with Crippen LogP contribution in [0.3, 0.4) is 0 Å². The van der Waals surface area contributed by atoms with Crippen molar-refractivity contribution in [3.63, 3.8) is 0 Å². The molecule has 0 aliphatic heterocycles. The van der Waals surface area contributed by atoms with E-state index >= 15 is 0 Å². The average molecular weight is 290 g/mol. The number of ether oxygens (including phenoxy) is 1. The van der Waals surface area contributed by atoms with E-state index in [9.17, 15) is 0 Å². The predicted octanol–water partition coefficient (Wildman–Crippen LogP) is 3.66. The maximum atomic E-state index is 5.28. The van der Waals surface area contributed by atoms with Crippen molar-refractivity contribution < 1.29 is 4.74 Å². The van der Waals surface area contributed by atoms with Gasteiger partial charge in [0, 0.05) is 23.5 Å². The Kier molecular flexibility index (Phi) is 5.15. The molecule has 20 heavy (non-hydrogen) atoms. The number of thiazole rings is 1. The molecule has 1 aromatic carbocycles. The van der Waals surface area contributed by atoms with Crippen LogP contribution in [-0.2, 0) is 6.42 Å². The Bertz CT molecular complexity index is 565. The van der Waals surface area contributed by atoms with Crippen LogP contribution in [0.1, 0.15) is 34.8 Å². The molecular formula is C16H22N2OS. The fraction of sp³-hybridized carbons (Fsp3) is 0.438. The molecule has 0 aliphatic carbocycles. The van der Waals surface area contributed by atoms with E-state index in [4.69, 9.17) is 4.74 Å². The summed E-state index contributed by atoms with van der Waals surface area (Å²) >= 11 is 1.74. The largest absolute Gasteiger partial charge is 0.497 e. The zero-order valence-corrected chi connectivity index (χ0v) is 13.4. The van der Waals surface area contributed by atoms with Gasteiger partial charge in [0.1, 0.15) is 5.75 Å². The molecular weight excluding hydrogens is 268 g/mol. The molecule has 0 radical (unpaired) electrons. The highest BCUT2D eigenvalue weighted by molar-refractivity contribution is 7.09. The number of hydrogen-bond acceptors (Lipinski definition) is 4. The second-order valence-electron chi connectivity index (χ2n) is 4.92. The molecule has 1 aromatic heterocycles. The fourth-order valence-electron chi connectivity index (χ4n) is 2.38. The van der Waals surface area contributed by atoms with E-state index in [2.05, 4.69) is 41.7 Å². The van der Waals surface area contributed by atoms with Crippen molar-refractivity contribution in [1.82, 2.24) is 10.3 Å². The molecule has 1 N–H and O–H groups in total. The molecule has 0 fully saturated rings. The predicted molar refractivity (Wildman–Crippen MR) is 84.7 cm³/mol. The monoisotopic (exact) mass is 290 g/mol. The smallest absolute Gasteiger partial charge is 0.119 e. The SMILES string of the molecule is CCNC(Cc1nc(C)cs1)c1ccc(OC)cc1C. The van der Waals surface area contributed by atoms with Gasteiger partial charge in [-0.05, 0) is 43.7 Å². The van der Waals surface area contributed by atoms with Crippen molar-refractivity contribution >= 4 is 11.3 Å². The van der Waals surface area contributed by atoms with Gasteiger partial charge in [-0.15, -0.1) is 11.3 Å². The number of methoxy groups -OCH3 is 1. The molecule has 0 aliphatic rings. The van der Waals surface area contributed by atoms with E-state index in [1.165, 1.54) is 16.1 Å². The Labute approximate surface area is 125 Å². The number of nitrogens with one attached hydrogen (secondary N) is 1. The van der Waals surface area contributed by atoms with Gasteiger partial charge in [0.15, 0.2) is 0 Å². The summed E-state index contributed by atoms with van der Waals surface area (Å²) < 4.78 is 5.28. The first kappa shape index (κ1) is 15.0. The highest BCUT2D eigenvalue weighted by Crippen LogP contribution is 2.26. The van der Waals surface area contributed by atoms with Crippen molar-refractivity contribution in [2.24, 2.45) is 0 Å². The highest BCUT2D eigenvalue weighted by Gasteiger charge is 2.15. The molecule has 108 valence electrons. The zero-order valence-electron chi connectivity index (χ0n) is 12.6. The summed E-state index contributed by atoms with van der Waals surface area (Å²) in [4.78, 5) is 4.58. The standard InChI is InChI=1S/C16H22N2OS/c1-5-17-15(9-16-18-12(3)10-20-16)14-7-6-13(19-4)8-11(14)2/h6-8,10,15,17H,5,9H2,1-4H3. The average Bonchev–Trinajstić information content (AvgIpc) is 2.83. The molecule has 0 bridgehead atoms. The van der Waals surface area contributed by atoms with E-state index in [1.807, 2.05) is 13.0 Å². The summed E-state index contributed by atoms with van der Waals surface area (Å²) in [5, 5.41) is 6.86. The van der Waals surface area contributed by atoms with Gasteiger partial charge < -0.3 is 10.1 Å². The van der Waals surface area contributed by atoms with Crippen LogP contribution < -0.4 is 10.1 Å². The Morgan fingerprint density at radius 2 is 2.15 bits per heavy atom. The molecule has 1 atom stereocenters. The van der Waals surface area contributed by atoms with Gasteiger partial charge >= 0.3 is 0 Å². The number of hydrogen-bond donors (Lipinski definition) is 1. The summed E-state index contributed by atoms with van der Waals surface area (Å²) in [7, 11) is 1.70. The van der Waals surface area contributed by atoms with E-state index in [0.29, 0.717) is 6.04 Å². The Hall–Kier alpha value is -1.39. The molecule has 1 unspecified atom stereocenters. The van der Waals surface area contributed by atoms with E-state index in [1.54, 1.807) is 18.4 Å². The molecule has 2 aromatic rings. The van der Waals surface area contributed by atoms with Crippen molar-refractivity contribution in [1.29, 1.82) is 0 Å². The first-order valence-electron chi connectivity index (χ1n) is 6.93. The maximum Gasteiger partial charge on any atom is 0.119 e. The Morgan fingerprint density at radius 3 is 2.70 bits per heavy atom. The van der Waals surface area contributed by atoms with Crippen LogP contribution >= 0.6 is 11.3 Å². The number of aromatic nitrogens is 1. The van der Waals surface area contributed by atoms with Crippen LogP contribution in [0, 0.1) is 13.8 Å². The van der Waals surface area contributed by atoms with Crippen LogP contribution in [0.2, 0.25) is 0 Å². The lowest BCUT2D eigenvalue weighted by molar-refractivity contribution is 0.414. The van der Waals surface area contributed by atoms with E-state index in [-0.39, 0.29) is 0 Å². The van der Waals surface area contributed by atoms with Crippen molar-refractivity contribution in [2.75, 3.05) is 13.7 Å². The lowest BCUT2D eigenvalue weighted by atomic mass is 9.98. The van der Waals surface area contributed by atoms with Gasteiger partial charge in [-0.25, -0.2) is 4.98 Å². The van der Waals surface area contributed by atoms with Gasteiger partial charge in [-0.1, -0.05) is 13.0 Å². The molecule has 0 amide bonds. The second-order valence-corrected chi connectivity index (χ2v) is 5.86. The minimum absolute atomic E-state index is 0.302. The van der Waals surface area contributed by atoms with Crippen molar-refractivity contribution in [3.8, 4) is 5.75 Å². The van der Waals surface area contributed by atoms with E-state index in [0.717, 1.165) is 24.4 Å². The summed E-state index contributed by atoms with van der Waals surface area (Å²) in [5.74, 6) is 0.909. The lowest BCUT2D eigenvalue weighted by Crippen LogP contribution is -2.23. The minimum Gasteiger partial charge on any atom is -0.497 e. The van der Waals surface area contributed by atoms with Gasteiger partial charge in [0.2, 0.25) is 0 Å². The topological polar surface area (TPSA) is 34.2 Å². The quantitative estimate of drug-likeness (QED) is 0.881. The molecule has 4 heteroatoms. The Morgan fingerprint density at radius 1 is 1.35 bits per heavy atom. The lowest BCUT2D eigenvalue weighted by Gasteiger charge is -2.20. The van der Waals surface area contributed by atoms with Crippen LogP contribution in [-0.4, -0.2) is 18.6 Å². The van der Waals surface area contributed by atoms with Crippen LogP contribution in [0.15, 0.2) is 23.6 Å². The molecule has 1 heterocycles. The summed E-state index contributed by atoms with van der Waals surface area (Å²) in [5.41, 5.74) is 3.68. The number of likely N-dealkylation sites (N-methyl/N-ethyl adjacent to an activating group) is 1. The summed E-state index contributed by atoms with van der Waals surface area (Å²) in [6, 6.07) is 6.57. The molecule has 0 saturated heterocycles. The third kappa shape index (κ3) is 3.58. The highest BCUT2D eigenvalue weighted by atomic mass is 32.1. The van der Waals surface area contributed by atoms with Gasteiger partial charge in [0.25, 0.3) is 0 Å². The van der Waals surface area contributed by atoms with Crippen molar-refractivity contribution in [3.05, 3.63) is 45.4 Å². The van der Waals surface area contributed by atoms with Crippen LogP contribution in [0.25, 0.3) is 0 Å². The number of aryl methyl sites for hydroxylation is 2. The maximum absolute atomic E-state index is 5.28. The van der Waals surface area contributed by atoms with Crippen molar-refractivity contribution in [2.45, 2.75) is 33.2 Å². The molecule has 0 saturated carbocycles. The summed E-state index contributed by atoms with van der Waals surface area (Å²) in [6.45, 7) is 7.26. The second kappa shape index (κ2) is 6.86. The van der Waals surface area contributed by atoms with Gasteiger partial charge in [-0.2, -0.15) is 0 Å². The Balaban J connectivity index is 2.23.